The lowest BCUT2D eigenvalue weighted by Crippen LogP contribution is -2.13. The summed E-state index contributed by atoms with van der Waals surface area (Å²) in [5.41, 5.74) is 2.53. The van der Waals surface area contributed by atoms with Crippen LogP contribution < -0.4 is 10.1 Å². The SMILES string of the molecule is CCOc1ccc(/C=C(\C#N)C(=O)Nc2nc(-c3ccc(Br)cc3)c(C)s2)cc1. The van der Waals surface area contributed by atoms with Gasteiger partial charge in [0, 0.05) is 14.9 Å². The van der Waals surface area contributed by atoms with E-state index in [1.807, 2.05) is 44.2 Å². The molecule has 0 aliphatic rings. The van der Waals surface area contributed by atoms with E-state index < -0.39 is 5.91 Å². The molecule has 0 bridgehead atoms. The van der Waals surface area contributed by atoms with E-state index in [2.05, 4.69) is 26.2 Å². The molecule has 0 spiro atoms. The number of carbonyl (C=O) groups is 1. The van der Waals surface area contributed by atoms with Crippen molar-refractivity contribution in [1.82, 2.24) is 4.98 Å². The Morgan fingerprint density at radius 2 is 1.93 bits per heavy atom. The first-order valence-electron chi connectivity index (χ1n) is 8.89. The predicted octanol–water partition coefficient (Wildman–Crippen LogP) is 5.83. The maximum Gasteiger partial charge on any atom is 0.268 e. The van der Waals surface area contributed by atoms with E-state index in [0.717, 1.165) is 31.9 Å². The number of nitrogens with one attached hydrogen (secondary N) is 1. The Bertz CT molecular complexity index is 1080. The molecule has 3 aromatic rings. The van der Waals surface area contributed by atoms with Crippen molar-refractivity contribution in [3.8, 4) is 23.1 Å². The van der Waals surface area contributed by atoms with Crippen LogP contribution in [0.3, 0.4) is 0 Å². The van der Waals surface area contributed by atoms with E-state index in [4.69, 9.17) is 4.74 Å². The first-order chi connectivity index (χ1) is 14.0. The molecule has 0 unspecified atom stereocenters. The fourth-order valence-electron chi connectivity index (χ4n) is 2.63. The van der Waals surface area contributed by atoms with Crippen LogP contribution in [0, 0.1) is 18.3 Å². The topological polar surface area (TPSA) is 75.0 Å². The van der Waals surface area contributed by atoms with Crippen molar-refractivity contribution in [3.63, 3.8) is 0 Å². The number of nitrogens with zero attached hydrogens (tertiary/aromatic N) is 2. The average molecular weight is 468 g/mol. The Kier molecular flexibility index (Phi) is 6.81. The quantitative estimate of drug-likeness (QED) is 0.365. The zero-order valence-corrected chi connectivity index (χ0v) is 18.3. The molecule has 146 valence electrons. The third-order valence-electron chi connectivity index (χ3n) is 4.00. The second kappa shape index (κ2) is 9.50. The zero-order chi connectivity index (χ0) is 20.8. The molecule has 3 rings (SSSR count). The molecule has 1 heterocycles. The zero-order valence-electron chi connectivity index (χ0n) is 15.9. The molecule has 1 N–H and O–H groups in total. The summed E-state index contributed by atoms with van der Waals surface area (Å²) in [6.45, 7) is 4.44. The Labute approximate surface area is 181 Å². The number of anilines is 1. The number of thiazole rings is 1. The van der Waals surface area contributed by atoms with Gasteiger partial charge in [0.2, 0.25) is 0 Å². The number of benzene rings is 2. The van der Waals surface area contributed by atoms with Crippen molar-refractivity contribution in [3.05, 3.63) is 69.0 Å². The molecule has 0 radical (unpaired) electrons. The number of ether oxygens (including phenoxy) is 1. The third kappa shape index (κ3) is 5.31. The number of halogens is 1. The maximum atomic E-state index is 12.6. The van der Waals surface area contributed by atoms with Crippen LogP contribution in [0.4, 0.5) is 5.13 Å². The van der Waals surface area contributed by atoms with E-state index in [9.17, 15) is 10.1 Å². The molecule has 0 aliphatic heterocycles. The molecule has 0 saturated heterocycles. The molecule has 5 nitrogen and oxygen atoms in total. The second-order valence-electron chi connectivity index (χ2n) is 6.06. The van der Waals surface area contributed by atoms with Gasteiger partial charge in [0.05, 0.1) is 12.3 Å². The van der Waals surface area contributed by atoms with E-state index in [-0.39, 0.29) is 5.57 Å². The Hall–Kier alpha value is -2.95. The summed E-state index contributed by atoms with van der Waals surface area (Å²) in [4.78, 5) is 18.1. The lowest BCUT2D eigenvalue weighted by molar-refractivity contribution is -0.112. The van der Waals surface area contributed by atoms with Crippen molar-refractivity contribution >= 4 is 44.4 Å². The highest BCUT2D eigenvalue weighted by Crippen LogP contribution is 2.31. The summed E-state index contributed by atoms with van der Waals surface area (Å²) in [5.74, 6) is 0.254. The van der Waals surface area contributed by atoms with Crippen molar-refractivity contribution < 1.29 is 9.53 Å². The van der Waals surface area contributed by atoms with E-state index >= 15 is 0 Å². The molecule has 7 heteroatoms. The number of aryl methyl sites for hydroxylation is 1. The van der Waals surface area contributed by atoms with Crippen LogP contribution in [0.15, 0.2) is 58.6 Å². The largest absolute Gasteiger partial charge is 0.494 e. The van der Waals surface area contributed by atoms with E-state index in [1.165, 1.54) is 11.3 Å². The minimum absolute atomic E-state index is 0.00667. The van der Waals surface area contributed by atoms with Gasteiger partial charge in [-0.3, -0.25) is 10.1 Å². The van der Waals surface area contributed by atoms with Crippen LogP contribution in [-0.4, -0.2) is 17.5 Å². The highest BCUT2D eigenvalue weighted by molar-refractivity contribution is 9.10. The molecule has 0 aliphatic carbocycles. The molecular formula is C22H18BrN3O2S. The van der Waals surface area contributed by atoms with Crippen LogP contribution in [0.2, 0.25) is 0 Å². The standard InChI is InChI=1S/C22H18BrN3O2S/c1-3-28-19-10-4-15(5-11-19)12-17(13-24)21(27)26-22-25-20(14(2)29-22)16-6-8-18(23)9-7-16/h4-12H,3H2,1-2H3,(H,25,26,27)/b17-12+. The van der Waals surface area contributed by atoms with E-state index in [0.29, 0.717) is 11.7 Å². The Morgan fingerprint density at radius 1 is 1.24 bits per heavy atom. The van der Waals surface area contributed by atoms with Gasteiger partial charge >= 0.3 is 0 Å². The first kappa shape index (κ1) is 20.8. The third-order valence-corrected chi connectivity index (χ3v) is 5.42. The van der Waals surface area contributed by atoms with Crippen LogP contribution in [-0.2, 0) is 4.79 Å². The van der Waals surface area contributed by atoms with Gasteiger partial charge in [-0.1, -0.05) is 40.2 Å². The van der Waals surface area contributed by atoms with Gasteiger partial charge in [-0.2, -0.15) is 5.26 Å². The van der Waals surface area contributed by atoms with Gasteiger partial charge in [0.1, 0.15) is 17.4 Å². The van der Waals surface area contributed by atoms with Gasteiger partial charge in [0.15, 0.2) is 5.13 Å². The van der Waals surface area contributed by atoms with Crippen molar-refractivity contribution in [2.24, 2.45) is 0 Å². The lowest BCUT2D eigenvalue weighted by atomic mass is 10.1. The van der Waals surface area contributed by atoms with Crippen LogP contribution in [0.5, 0.6) is 5.75 Å². The number of hydrogen-bond acceptors (Lipinski definition) is 5. The summed E-state index contributed by atoms with van der Waals surface area (Å²) in [6.07, 6.45) is 1.54. The first-order valence-corrected chi connectivity index (χ1v) is 10.5. The van der Waals surface area contributed by atoms with Crippen LogP contribution >= 0.6 is 27.3 Å². The maximum absolute atomic E-state index is 12.6. The fourth-order valence-corrected chi connectivity index (χ4v) is 3.73. The fraction of sp³-hybridized carbons (Fsp3) is 0.136. The lowest BCUT2D eigenvalue weighted by Gasteiger charge is -2.03. The average Bonchev–Trinajstić information content (AvgIpc) is 3.08. The summed E-state index contributed by atoms with van der Waals surface area (Å²) >= 11 is 4.79. The van der Waals surface area contributed by atoms with Crippen LogP contribution in [0.25, 0.3) is 17.3 Å². The molecule has 1 aromatic heterocycles. The summed E-state index contributed by atoms with van der Waals surface area (Å²) < 4.78 is 6.39. The minimum atomic E-state index is -0.488. The summed E-state index contributed by atoms with van der Waals surface area (Å²) in [5, 5.41) is 12.6. The number of hydrogen-bond donors (Lipinski definition) is 1. The van der Waals surface area contributed by atoms with Crippen LogP contribution in [0.1, 0.15) is 17.4 Å². The molecule has 29 heavy (non-hydrogen) atoms. The highest BCUT2D eigenvalue weighted by Gasteiger charge is 2.15. The number of amides is 1. The summed E-state index contributed by atoms with van der Waals surface area (Å²) in [6, 6.07) is 17.0. The normalized spacial score (nSPS) is 11.0. The van der Waals surface area contributed by atoms with Crippen molar-refractivity contribution in [2.45, 2.75) is 13.8 Å². The molecule has 2 aromatic carbocycles. The number of aromatic nitrogens is 1. The van der Waals surface area contributed by atoms with Gasteiger partial charge in [-0.25, -0.2) is 4.98 Å². The number of nitriles is 1. The molecule has 0 atom stereocenters. The van der Waals surface area contributed by atoms with Gasteiger partial charge in [0.25, 0.3) is 5.91 Å². The minimum Gasteiger partial charge on any atom is -0.494 e. The smallest absolute Gasteiger partial charge is 0.268 e. The van der Waals surface area contributed by atoms with Gasteiger partial charge in [-0.05, 0) is 49.8 Å². The Balaban J connectivity index is 1.77. The molecule has 1 amide bonds. The second-order valence-corrected chi connectivity index (χ2v) is 8.18. The molecule has 0 saturated carbocycles. The monoisotopic (exact) mass is 467 g/mol. The van der Waals surface area contributed by atoms with Gasteiger partial charge < -0.3 is 4.74 Å². The van der Waals surface area contributed by atoms with E-state index in [1.54, 1.807) is 30.3 Å². The molecule has 0 fully saturated rings. The number of rotatable bonds is 6. The number of carbonyl (C=O) groups excluding carboxylic acids is 1. The van der Waals surface area contributed by atoms with Crippen molar-refractivity contribution in [2.75, 3.05) is 11.9 Å². The Morgan fingerprint density at radius 3 is 2.55 bits per heavy atom. The molecular weight excluding hydrogens is 450 g/mol. The van der Waals surface area contributed by atoms with Crippen molar-refractivity contribution in [1.29, 1.82) is 5.26 Å². The highest BCUT2D eigenvalue weighted by atomic mass is 79.9. The van der Waals surface area contributed by atoms with Gasteiger partial charge in [-0.15, -0.1) is 11.3 Å². The summed E-state index contributed by atoms with van der Waals surface area (Å²) in [7, 11) is 0. The predicted molar refractivity (Wildman–Crippen MR) is 120 cm³/mol.